The van der Waals surface area contributed by atoms with Crippen LogP contribution in [0.2, 0.25) is 0 Å². The van der Waals surface area contributed by atoms with Gasteiger partial charge < -0.3 is 4.74 Å². The van der Waals surface area contributed by atoms with Gasteiger partial charge in [0, 0.05) is 12.0 Å². The highest BCUT2D eigenvalue weighted by molar-refractivity contribution is 5.25. The molecule has 2 unspecified atom stereocenters. The van der Waals surface area contributed by atoms with Crippen molar-refractivity contribution in [2.45, 2.75) is 39.2 Å². The lowest BCUT2D eigenvalue weighted by atomic mass is 9.76. The van der Waals surface area contributed by atoms with Gasteiger partial charge in [0.25, 0.3) is 0 Å². The highest BCUT2D eigenvalue weighted by atomic mass is 16.5. The average Bonchev–Trinajstić information content (AvgIpc) is 2.63. The molecule has 0 N–H and O–H groups in total. The van der Waals surface area contributed by atoms with E-state index in [1.165, 1.54) is 18.4 Å². The van der Waals surface area contributed by atoms with E-state index < -0.39 is 0 Å². The van der Waals surface area contributed by atoms with Gasteiger partial charge in [0.15, 0.2) is 0 Å². The Balaban J connectivity index is 2.09. The molecule has 2 aliphatic rings. The number of rotatable bonds is 1. The molecule has 0 aromatic rings. The topological polar surface area (TPSA) is 9.23 Å². The van der Waals surface area contributed by atoms with Crippen LogP contribution in [0.5, 0.6) is 0 Å². The van der Waals surface area contributed by atoms with Crippen LogP contribution in [0.25, 0.3) is 0 Å². The Morgan fingerprint density at radius 2 is 2.38 bits per heavy atom. The van der Waals surface area contributed by atoms with Crippen molar-refractivity contribution in [2.24, 2.45) is 5.41 Å². The Hall–Kier alpha value is -0.560. The molecular formula is C12H18O. The fourth-order valence-electron chi connectivity index (χ4n) is 2.18. The van der Waals surface area contributed by atoms with Gasteiger partial charge >= 0.3 is 0 Å². The molecule has 0 aromatic heterocycles. The minimum Gasteiger partial charge on any atom is -0.377 e. The van der Waals surface area contributed by atoms with Gasteiger partial charge in [0.2, 0.25) is 0 Å². The van der Waals surface area contributed by atoms with E-state index >= 15 is 0 Å². The molecule has 0 radical (unpaired) electrons. The summed E-state index contributed by atoms with van der Waals surface area (Å²) in [6.07, 6.45) is 10.9. The van der Waals surface area contributed by atoms with Crippen molar-refractivity contribution in [3.63, 3.8) is 0 Å². The van der Waals surface area contributed by atoms with Crippen molar-refractivity contribution >= 4 is 0 Å². The minimum atomic E-state index is 0.260. The van der Waals surface area contributed by atoms with Crippen LogP contribution in [-0.4, -0.2) is 12.7 Å². The molecule has 2 atom stereocenters. The Labute approximate surface area is 80.5 Å². The van der Waals surface area contributed by atoms with Crippen molar-refractivity contribution in [2.75, 3.05) is 6.61 Å². The molecule has 13 heavy (non-hydrogen) atoms. The van der Waals surface area contributed by atoms with Crippen LogP contribution >= 0.6 is 0 Å². The Morgan fingerprint density at radius 1 is 1.54 bits per heavy atom. The van der Waals surface area contributed by atoms with Crippen LogP contribution in [0.3, 0.4) is 0 Å². The molecule has 1 saturated heterocycles. The van der Waals surface area contributed by atoms with E-state index in [-0.39, 0.29) is 5.41 Å². The highest BCUT2D eigenvalue weighted by Crippen LogP contribution is 2.38. The zero-order valence-electron chi connectivity index (χ0n) is 8.55. The van der Waals surface area contributed by atoms with Gasteiger partial charge in [-0.25, -0.2) is 0 Å². The second-order valence-electron chi connectivity index (χ2n) is 4.49. The molecule has 1 aliphatic carbocycles. The average molecular weight is 178 g/mol. The summed E-state index contributed by atoms with van der Waals surface area (Å²) in [7, 11) is 0. The first-order valence-electron chi connectivity index (χ1n) is 5.18. The van der Waals surface area contributed by atoms with Gasteiger partial charge in [-0.05, 0) is 26.2 Å². The van der Waals surface area contributed by atoms with E-state index in [0.29, 0.717) is 6.10 Å². The molecule has 1 heteroatoms. The quantitative estimate of drug-likeness (QED) is 0.599. The molecule has 0 saturated carbocycles. The van der Waals surface area contributed by atoms with Crippen LogP contribution in [0, 0.1) is 5.41 Å². The van der Waals surface area contributed by atoms with Gasteiger partial charge in [0.05, 0.1) is 6.10 Å². The molecule has 0 spiro atoms. The molecule has 1 heterocycles. The molecular weight excluding hydrogens is 160 g/mol. The summed E-state index contributed by atoms with van der Waals surface area (Å²) in [5, 5.41) is 0. The van der Waals surface area contributed by atoms with E-state index in [9.17, 15) is 0 Å². The standard InChI is InChI=1S/C12H18O/c1-10-5-7-12(2,8-6-10)11-4-3-9-13-11/h5-7,11H,3-4,8-9H2,1-2H3. The maximum absolute atomic E-state index is 5.75. The third-order valence-corrected chi connectivity index (χ3v) is 3.26. The Morgan fingerprint density at radius 3 is 2.92 bits per heavy atom. The van der Waals surface area contributed by atoms with Crippen LogP contribution in [0.1, 0.15) is 33.1 Å². The third kappa shape index (κ3) is 1.71. The first-order chi connectivity index (χ1) is 6.21. The molecule has 0 amide bonds. The smallest absolute Gasteiger partial charge is 0.0667 e. The van der Waals surface area contributed by atoms with Crippen molar-refractivity contribution in [3.05, 3.63) is 23.8 Å². The monoisotopic (exact) mass is 178 g/mol. The summed E-state index contributed by atoms with van der Waals surface area (Å²) in [4.78, 5) is 0. The molecule has 1 aliphatic heterocycles. The van der Waals surface area contributed by atoms with Crippen molar-refractivity contribution in [3.8, 4) is 0 Å². The summed E-state index contributed by atoms with van der Waals surface area (Å²) in [5.74, 6) is 0. The maximum Gasteiger partial charge on any atom is 0.0667 e. The zero-order chi connectivity index (χ0) is 9.31. The predicted octanol–water partition coefficient (Wildman–Crippen LogP) is 3.08. The van der Waals surface area contributed by atoms with Gasteiger partial charge in [0.1, 0.15) is 0 Å². The van der Waals surface area contributed by atoms with E-state index in [1.807, 2.05) is 0 Å². The van der Waals surface area contributed by atoms with Crippen LogP contribution in [0.15, 0.2) is 23.8 Å². The van der Waals surface area contributed by atoms with E-state index in [0.717, 1.165) is 13.0 Å². The summed E-state index contributed by atoms with van der Waals surface area (Å²) < 4.78 is 5.75. The predicted molar refractivity (Wildman–Crippen MR) is 54.6 cm³/mol. The maximum atomic E-state index is 5.75. The number of ether oxygens (including phenoxy) is 1. The van der Waals surface area contributed by atoms with E-state index in [1.54, 1.807) is 0 Å². The molecule has 72 valence electrons. The lowest BCUT2D eigenvalue weighted by molar-refractivity contribution is 0.0352. The second-order valence-corrected chi connectivity index (χ2v) is 4.49. The normalized spacial score (nSPS) is 39.2. The number of hydrogen-bond acceptors (Lipinski definition) is 1. The van der Waals surface area contributed by atoms with E-state index in [4.69, 9.17) is 4.74 Å². The highest BCUT2D eigenvalue weighted by Gasteiger charge is 2.35. The molecule has 0 bridgehead atoms. The van der Waals surface area contributed by atoms with Gasteiger partial charge in [-0.2, -0.15) is 0 Å². The SMILES string of the molecule is CC1=CCC(C)(C2CCCO2)C=C1. The van der Waals surface area contributed by atoms with Crippen LogP contribution in [0.4, 0.5) is 0 Å². The van der Waals surface area contributed by atoms with Crippen molar-refractivity contribution < 1.29 is 4.74 Å². The first-order valence-corrected chi connectivity index (χ1v) is 5.18. The van der Waals surface area contributed by atoms with Crippen LogP contribution in [-0.2, 0) is 4.74 Å². The lowest BCUT2D eigenvalue weighted by Gasteiger charge is -2.33. The molecule has 1 nitrogen and oxygen atoms in total. The van der Waals surface area contributed by atoms with Crippen molar-refractivity contribution in [1.82, 2.24) is 0 Å². The third-order valence-electron chi connectivity index (χ3n) is 3.26. The molecule has 1 fully saturated rings. The van der Waals surface area contributed by atoms with Gasteiger partial charge in [-0.1, -0.05) is 30.7 Å². The summed E-state index contributed by atoms with van der Waals surface area (Å²) in [5.41, 5.74) is 1.64. The fourth-order valence-corrected chi connectivity index (χ4v) is 2.18. The fraction of sp³-hybridized carbons (Fsp3) is 0.667. The Kier molecular flexibility index (Phi) is 2.29. The molecule has 0 aromatic carbocycles. The van der Waals surface area contributed by atoms with Gasteiger partial charge in [-0.3, -0.25) is 0 Å². The van der Waals surface area contributed by atoms with Gasteiger partial charge in [-0.15, -0.1) is 0 Å². The summed E-state index contributed by atoms with van der Waals surface area (Å²) in [6.45, 7) is 5.42. The zero-order valence-corrected chi connectivity index (χ0v) is 8.55. The minimum absolute atomic E-state index is 0.260. The Bertz CT molecular complexity index is 246. The largest absolute Gasteiger partial charge is 0.377 e. The van der Waals surface area contributed by atoms with Crippen molar-refractivity contribution in [1.29, 1.82) is 0 Å². The number of hydrogen-bond donors (Lipinski definition) is 0. The lowest BCUT2D eigenvalue weighted by Crippen LogP contribution is -2.30. The van der Waals surface area contributed by atoms with E-state index in [2.05, 4.69) is 32.1 Å². The van der Waals surface area contributed by atoms with Crippen LogP contribution < -0.4 is 0 Å². The summed E-state index contributed by atoms with van der Waals surface area (Å²) >= 11 is 0. The molecule has 2 rings (SSSR count). The second kappa shape index (κ2) is 3.30. The number of allylic oxidation sites excluding steroid dienone is 3. The first kappa shape index (κ1) is 9.01. The summed E-state index contributed by atoms with van der Waals surface area (Å²) in [6, 6.07) is 0.